The highest BCUT2D eigenvalue weighted by atomic mass is 32.2. The Kier molecular flexibility index (Phi) is 4.97. The number of carboxylic acid groups (broad SMARTS) is 1. The van der Waals surface area contributed by atoms with Gasteiger partial charge in [-0.1, -0.05) is 12.1 Å². The van der Waals surface area contributed by atoms with Crippen LogP contribution >= 0.6 is 11.8 Å². The van der Waals surface area contributed by atoms with Gasteiger partial charge < -0.3 is 15.2 Å². The van der Waals surface area contributed by atoms with Gasteiger partial charge in [0.05, 0.1) is 5.69 Å². The number of carboxylic acids is 1. The minimum atomic E-state index is -4.47. The second kappa shape index (κ2) is 6.57. The summed E-state index contributed by atoms with van der Waals surface area (Å²) >= 11 is -0.332. The molecule has 2 rings (SSSR count). The lowest BCUT2D eigenvalue weighted by Gasteiger charge is -2.15. The smallest absolute Gasteiger partial charge is 0.446 e. The van der Waals surface area contributed by atoms with Crippen LogP contribution in [0.4, 0.5) is 18.9 Å². The lowest BCUT2D eigenvalue weighted by molar-refractivity contribution is -0.150. The number of alkyl halides is 3. The van der Waals surface area contributed by atoms with Gasteiger partial charge in [-0.3, -0.25) is 4.79 Å². The van der Waals surface area contributed by atoms with Crippen LogP contribution in [0.3, 0.4) is 0 Å². The zero-order chi connectivity index (χ0) is 16.3. The number of benzene rings is 1. The van der Waals surface area contributed by atoms with Crippen molar-refractivity contribution in [1.82, 2.24) is 0 Å². The molecular formula is C13H12F3NO4S. The number of amides is 1. The summed E-state index contributed by atoms with van der Waals surface area (Å²) in [5, 5.41) is 11.1. The third-order valence-corrected chi connectivity index (χ3v) is 3.77. The molecular weight excluding hydrogens is 323 g/mol. The van der Waals surface area contributed by atoms with E-state index in [2.05, 4.69) is 5.32 Å². The Hall–Kier alpha value is -1.74. The van der Waals surface area contributed by atoms with Gasteiger partial charge in [0.15, 0.2) is 6.10 Å². The monoisotopic (exact) mass is 335 g/mol. The summed E-state index contributed by atoms with van der Waals surface area (Å²) in [6, 6.07) is 5.50. The molecule has 1 amide bonds. The molecule has 2 atom stereocenters. The molecule has 1 aliphatic heterocycles. The van der Waals surface area contributed by atoms with Crippen LogP contribution in [-0.4, -0.2) is 34.7 Å². The summed E-state index contributed by atoms with van der Waals surface area (Å²) in [5.41, 5.74) is -4.46. The quantitative estimate of drug-likeness (QED) is 0.828. The first-order chi connectivity index (χ1) is 10.3. The summed E-state index contributed by atoms with van der Waals surface area (Å²) in [6.07, 6.45) is -1.65. The molecule has 1 heterocycles. The van der Waals surface area contributed by atoms with Crippen molar-refractivity contribution >= 4 is 29.3 Å². The molecule has 22 heavy (non-hydrogen) atoms. The molecule has 1 aromatic rings. The van der Waals surface area contributed by atoms with Crippen molar-refractivity contribution in [2.75, 3.05) is 5.32 Å². The average molecular weight is 335 g/mol. The van der Waals surface area contributed by atoms with Gasteiger partial charge in [0.1, 0.15) is 6.10 Å². The maximum absolute atomic E-state index is 12.5. The molecule has 1 aliphatic rings. The summed E-state index contributed by atoms with van der Waals surface area (Å²) in [5.74, 6) is -1.82. The fraction of sp³-hybridized carbons (Fsp3) is 0.385. The van der Waals surface area contributed by atoms with E-state index in [4.69, 9.17) is 9.84 Å². The van der Waals surface area contributed by atoms with Crippen molar-refractivity contribution in [2.24, 2.45) is 0 Å². The van der Waals surface area contributed by atoms with Crippen LogP contribution in [0.15, 0.2) is 29.2 Å². The number of halogens is 3. The topological polar surface area (TPSA) is 75.6 Å². The van der Waals surface area contributed by atoms with Gasteiger partial charge in [-0.2, -0.15) is 13.2 Å². The van der Waals surface area contributed by atoms with E-state index in [-0.39, 0.29) is 35.2 Å². The van der Waals surface area contributed by atoms with Crippen molar-refractivity contribution in [3.05, 3.63) is 24.3 Å². The lowest BCUT2D eigenvalue weighted by atomic mass is 10.2. The third kappa shape index (κ3) is 4.38. The zero-order valence-corrected chi connectivity index (χ0v) is 11.9. The van der Waals surface area contributed by atoms with E-state index in [9.17, 15) is 22.8 Å². The second-order valence-electron chi connectivity index (χ2n) is 4.56. The fourth-order valence-electron chi connectivity index (χ4n) is 2.01. The molecule has 5 nitrogen and oxygen atoms in total. The lowest BCUT2D eigenvalue weighted by Crippen LogP contribution is -2.30. The number of anilines is 1. The maximum Gasteiger partial charge on any atom is 0.446 e. The van der Waals surface area contributed by atoms with Crippen LogP contribution in [0.2, 0.25) is 0 Å². The molecule has 0 spiro atoms. The third-order valence-electron chi connectivity index (χ3n) is 2.96. The second-order valence-corrected chi connectivity index (χ2v) is 5.67. The number of carbonyl (C=O) groups excluding carboxylic acids is 1. The number of rotatable bonds is 4. The Bertz CT molecular complexity index is 579. The highest BCUT2D eigenvalue weighted by molar-refractivity contribution is 8.00. The van der Waals surface area contributed by atoms with Gasteiger partial charge in [-0.25, -0.2) is 4.79 Å². The Balaban J connectivity index is 2.05. The minimum Gasteiger partial charge on any atom is -0.479 e. The first-order valence-corrected chi connectivity index (χ1v) is 7.12. The van der Waals surface area contributed by atoms with E-state index in [0.29, 0.717) is 0 Å². The zero-order valence-electron chi connectivity index (χ0n) is 11.1. The molecule has 0 bridgehead atoms. The molecule has 0 unspecified atom stereocenters. The molecule has 2 N–H and O–H groups in total. The molecule has 0 aromatic heterocycles. The van der Waals surface area contributed by atoms with Crippen molar-refractivity contribution < 1.29 is 32.6 Å². The number of hydrogen-bond acceptors (Lipinski definition) is 4. The fourth-order valence-corrected chi connectivity index (χ4v) is 2.63. The number of nitrogens with one attached hydrogen (secondary N) is 1. The number of para-hydroxylation sites is 1. The van der Waals surface area contributed by atoms with Crippen molar-refractivity contribution in [3.8, 4) is 0 Å². The Morgan fingerprint density at radius 2 is 1.86 bits per heavy atom. The number of thioether (sulfide) groups is 1. The van der Waals surface area contributed by atoms with Gasteiger partial charge in [0.2, 0.25) is 0 Å². The van der Waals surface area contributed by atoms with E-state index >= 15 is 0 Å². The summed E-state index contributed by atoms with van der Waals surface area (Å²) in [4.78, 5) is 22.6. The van der Waals surface area contributed by atoms with Crippen molar-refractivity contribution in [3.63, 3.8) is 0 Å². The Morgan fingerprint density at radius 1 is 1.23 bits per heavy atom. The molecule has 1 saturated heterocycles. The number of aliphatic carboxylic acids is 1. The highest BCUT2D eigenvalue weighted by Crippen LogP contribution is 2.40. The van der Waals surface area contributed by atoms with E-state index < -0.39 is 29.6 Å². The predicted molar refractivity (Wildman–Crippen MR) is 72.5 cm³/mol. The molecule has 0 saturated carbocycles. The van der Waals surface area contributed by atoms with Gasteiger partial charge in [0.25, 0.3) is 5.91 Å². The summed E-state index contributed by atoms with van der Waals surface area (Å²) in [6.45, 7) is 0. The van der Waals surface area contributed by atoms with Crippen molar-refractivity contribution in [1.29, 1.82) is 0 Å². The van der Waals surface area contributed by atoms with Crippen molar-refractivity contribution in [2.45, 2.75) is 35.5 Å². The van der Waals surface area contributed by atoms with Crippen LogP contribution in [0, 0.1) is 0 Å². The van der Waals surface area contributed by atoms with Crippen LogP contribution < -0.4 is 5.32 Å². The molecule has 9 heteroatoms. The molecule has 0 aliphatic carbocycles. The number of carbonyl (C=O) groups is 2. The SMILES string of the molecule is O=C(Nc1ccccc1SC(F)(F)F)[C@@H]1CC[C@H](C(=O)O)O1. The first-order valence-electron chi connectivity index (χ1n) is 6.30. The Morgan fingerprint density at radius 3 is 2.45 bits per heavy atom. The van der Waals surface area contributed by atoms with Gasteiger partial charge >= 0.3 is 11.5 Å². The molecule has 0 radical (unpaired) electrons. The normalized spacial score (nSPS) is 21.6. The molecule has 120 valence electrons. The minimum absolute atomic E-state index is 0.0113. The van der Waals surface area contributed by atoms with E-state index in [0.717, 1.165) is 0 Å². The molecule has 1 aromatic carbocycles. The summed E-state index contributed by atoms with van der Waals surface area (Å²) < 4.78 is 42.4. The predicted octanol–water partition coefficient (Wildman–Crippen LogP) is 2.87. The standard InChI is InChI=1S/C13H12F3NO4S/c14-13(15,16)22-10-4-2-1-3-7(10)17-11(18)8-5-6-9(21-8)12(19)20/h1-4,8-9H,5-6H2,(H,17,18)(H,19,20)/t8-,9+/m0/s1. The maximum atomic E-state index is 12.5. The largest absolute Gasteiger partial charge is 0.479 e. The number of ether oxygens (including phenoxy) is 1. The van der Waals surface area contributed by atoms with E-state index in [1.165, 1.54) is 24.3 Å². The average Bonchev–Trinajstić information content (AvgIpc) is 2.89. The van der Waals surface area contributed by atoms with Gasteiger partial charge in [-0.15, -0.1) is 0 Å². The van der Waals surface area contributed by atoms with Crippen LogP contribution in [0.5, 0.6) is 0 Å². The number of hydrogen-bond donors (Lipinski definition) is 2. The van der Waals surface area contributed by atoms with Gasteiger partial charge in [0, 0.05) is 4.90 Å². The Labute approximate surface area is 127 Å². The van der Waals surface area contributed by atoms with Crippen LogP contribution in [-0.2, 0) is 14.3 Å². The highest BCUT2D eigenvalue weighted by Gasteiger charge is 2.35. The van der Waals surface area contributed by atoms with Crippen LogP contribution in [0.25, 0.3) is 0 Å². The van der Waals surface area contributed by atoms with Crippen LogP contribution in [0.1, 0.15) is 12.8 Å². The molecule has 1 fully saturated rings. The first kappa shape index (κ1) is 16.6. The summed E-state index contributed by atoms with van der Waals surface area (Å²) in [7, 11) is 0. The van der Waals surface area contributed by atoms with E-state index in [1.807, 2.05) is 0 Å². The van der Waals surface area contributed by atoms with E-state index in [1.54, 1.807) is 0 Å². The van der Waals surface area contributed by atoms with Gasteiger partial charge in [-0.05, 0) is 36.7 Å².